The minimum Gasteiger partial charge on any atom is -0.508 e. The number of carbonyl (C=O) groups is 1. The second-order valence-electron chi connectivity index (χ2n) is 7.77. The van der Waals surface area contributed by atoms with Crippen molar-refractivity contribution >= 4 is 29.0 Å². The summed E-state index contributed by atoms with van der Waals surface area (Å²) in [5.41, 5.74) is 5.14. The molecule has 0 aliphatic heterocycles. The zero-order valence-electron chi connectivity index (χ0n) is 18.4. The van der Waals surface area contributed by atoms with Gasteiger partial charge in [-0.1, -0.05) is 35.9 Å². The fourth-order valence-electron chi connectivity index (χ4n) is 3.71. The highest BCUT2D eigenvalue weighted by Gasteiger charge is 2.16. The van der Waals surface area contributed by atoms with Crippen molar-refractivity contribution in [3.05, 3.63) is 109 Å². The van der Waals surface area contributed by atoms with E-state index in [4.69, 9.17) is 16.7 Å². The Bertz CT molecular complexity index is 1470. The van der Waals surface area contributed by atoms with E-state index < -0.39 is 0 Å². The standard InChI is InChI=1S/C27H20ClN5O2/c28-20-13-19(14-24(34)15-20)26-25(18-9-11-29-12-10-18)17-33(32-26)23-8-4-7-22(16-23)31-27(35)30-21-5-2-1-3-6-21/h1-17,34H,(H2,30,31,35). The van der Waals surface area contributed by atoms with Crippen LogP contribution in [0.25, 0.3) is 28.1 Å². The molecule has 7 nitrogen and oxygen atoms in total. The van der Waals surface area contributed by atoms with E-state index in [9.17, 15) is 9.90 Å². The molecule has 0 bridgehead atoms. The van der Waals surface area contributed by atoms with Gasteiger partial charge in [-0.25, -0.2) is 9.48 Å². The van der Waals surface area contributed by atoms with Gasteiger partial charge in [-0.15, -0.1) is 0 Å². The highest BCUT2D eigenvalue weighted by atomic mass is 35.5. The predicted molar refractivity (Wildman–Crippen MR) is 138 cm³/mol. The van der Waals surface area contributed by atoms with Crippen LogP contribution in [0.4, 0.5) is 16.2 Å². The molecule has 0 spiro atoms. The van der Waals surface area contributed by atoms with Crippen LogP contribution in [0.15, 0.2) is 104 Å². The lowest BCUT2D eigenvalue weighted by molar-refractivity contribution is 0.262. The SMILES string of the molecule is O=C(Nc1ccccc1)Nc1cccc(-n2cc(-c3ccncc3)c(-c3cc(O)cc(Cl)c3)n2)c1. The second kappa shape index (κ2) is 9.70. The summed E-state index contributed by atoms with van der Waals surface area (Å²) in [6.45, 7) is 0. The number of urea groups is 1. The largest absolute Gasteiger partial charge is 0.508 e. The molecule has 2 amide bonds. The molecule has 8 heteroatoms. The summed E-state index contributed by atoms with van der Waals surface area (Å²) in [4.78, 5) is 16.5. The van der Waals surface area contributed by atoms with Gasteiger partial charge in [0, 0.05) is 46.1 Å². The van der Waals surface area contributed by atoms with Crippen LogP contribution in [0.1, 0.15) is 0 Å². The minimum absolute atomic E-state index is 0.0540. The number of nitrogens with zero attached hydrogens (tertiary/aromatic N) is 3. The van der Waals surface area contributed by atoms with Crippen molar-refractivity contribution in [2.45, 2.75) is 0 Å². The van der Waals surface area contributed by atoms with Gasteiger partial charge in [0.15, 0.2) is 0 Å². The fourth-order valence-corrected chi connectivity index (χ4v) is 3.94. The molecule has 0 saturated carbocycles. The molecule has 0 radical (unpaired) electrons. The van der Waals surface area contributed by atoms with Gasteiger partial charge in [-0.2, -0.15) is 5.10 Å². The van der Waals surface area contributed by atoms with Crippen LogP contribution >= 0.6 is 11.6 Å². The number of anilines is 2. The summed E-state index contributed by atoms with van der Waals surface area (Å²) in [5.74, 6) is 0.0540. The maximum atomic E-state index is 12.4. The van der Waals surface area contributed by atoms with Crippen molar-refractivity contribution < 1.29 is 9.90 Å². The van der Waals surface area contributed by atoms with Crippen LogP contribution in [-0.2, 0) is 0 Å². The molecule has 2 aromatic heterocycles. The van der Waals surface area contributed by atoms with Gasteiger partial charge in [0.05, 0.1) is 5.69 Å². The average Bonchev–Trinajstić information content (AvgIpc) is 3.31. The van der Waals surface area contributed by atoms with Crippen LogP contribution < -0.4 is 10.6 Å². The van der Waals surface area contributed by atoms with Gasteiger partial charge in [0.2, 0.25) is 0 Å². The molecule has 2 heterocycles. The summed E-state index contributed by atoms with van der Waals surface area (Å²) in [7, 11) is 0. The molecule has 172 valence electrons. The number of pyridine rings is 1. The monoisotopic (exact) mass is 481 g/mol. The number of aromatic nitrogens is 3. The van der Waals surface area contributed by atoms with E-state index in [1.165, 1.54) is 6.07 Å². The van der Waals surface area contributed by atoms with Crippen LogP contribution in [0.3, 0.4) is 0 Å². The lowest BCUT2D eigenvalue weighted by atomic mass is 10.0. The van der Waals surface area contributed by atoms with Crippen LogP contribution in [0.5, 0.6) is 5.75 Å². The Morgan fingerprint density at radius 2 is 1.57 bits per heavy atom. The van der Waals surface area contributed by atoms with Crippen molar-refractivity contribution in [2.75, 3.05) is 10.6 Å². The summed E-state index contributed by atoms with van der Waals surface area (Å²) < 4.78 is 1.73. The van der Waals surface area contributed by atoms with Gasteiger partial charge in [0.1, 0.15) is 11.4 Å². The van der Waals surface area contributed by atoms with Crippen molar-refractivity contribution in [3.63, 3.8) is 0 Å². The normalized spacial score (nSPS) is 10.7. The van der Waals surface area contributed by atoms with Gasteiger partial charge in [-0.3, -0.25) is 4.98 Å². The molecule has 35 heavy (non-hydrogen) atoms. The van der Waals surface area contributed by atoms with Crippen molar-refractivity contribution in [1.29, 1.82) is 0 Å². The lowest BCUT2D eigenvalue weighted by Crippen LogP contribution is -2.19. The molecule has 5 aromatic rings. The number of nitrogens with one attached hydrogen (secondary N) is 2. The Labute approximate surface area is 206 Å². The third-order valence-corrected chi connectivity index (χ3v) is 5.48. The zero-order valence-corrected chi connectivity index (χ0v) is 19.1. The van der Waals surface area contributed by atoms with Gasteiger partial charge < -0.3 is 15.7 Å². The number of carbonyl (C=O) groups excluding carboxylic acids is 1. The number of rotatable bonds is 5. The topological polar surface area (TPSA) is 92.1 Å². The van der Waals surface area contributed by atoms with E-state index in [0.717, 1.165) is 16.8 Å². The molecule has 3 aromatic carbocycles. The van der Waals surface area contributed by atoms with Crippen molar-refractivity contribution in [3.8, 4) is 33.8 Å². The molecular weight excluding hydrogens is 462 g/mol. The van der Waals surface area contributed by atoms with Gasteiger partial charge >= 0.3 is 6.03 Å². The van der Waals surface area contributed by atoms with E-state index in [1.54, 1.807) is 35.3 Å². The summed E-state index contributed by atoms with van der Waals surface area (Å²) >= 11 is 6.20. The van der Waals surface area contributed by atoms with Crippen LogP contribution in [-0.4, -0.2) is 25.9 Å². The number of para-hydroxylation sites is 1. The number of phenols is 1. The Morgan fingerprint density at radius 3 is 2.34 bits per heavy atom. The Morgan fingerprint density at radius 1 is 0.829 bits per heavy atom. The Balaban J connectivity index is 1.49. The predicted octanol–water partition coefficient (Wildman–Crippen LogP) is 6.60. The maximum absolute atomic E-state index is 12.4. The van der Waals surface area contributed by atoms with E-state index >= 15 is 0 Å². The average molecular weight is 482 g/mol. The summed E-state index contributed by atoms with van der Waals surface area (Å²) in [6.07, 6.45) is 5.31. The minimum atomic E-state index is -0.346. The zero-order chi connectivity index (χ0) is 24.2. The third kappa shape index (κ3) is 5.15. The fraction of sp³-hybridized carbons (Fsp3) is 0. The van der Waals surface area contributed by atoms with E-state index in [-0.39, 0.29) is 11.8 Å². The van der Waals surface area contributed by atoms with E-state index in [1.807, 2.05) is 66.9 Å². The highest BCUT2D eigenvalue weighted by Crippen LogP contribution is 2.35. The smallest absolute Gasteiger partial charge is 0.323 e. The van der Waals surface area contributed by atoms with Gasteiger partial charge in [0.25, 0.3) is 0 Å². The van der Waals surface area contributed by atoms with Crippen molar-refractivity contribution in [1.82, 2.24) is 14.8 Å². The first-order chi connectivity index (χ1) is 17.0. The summed E-state index contributed by atoms with van der Waals surface area (Å²) in [6, 6.07) is 24.9. The van der Waals surface area contributed by atoms with E-state index in [0.29, 0.717) is 27.7 Å². The molecule has 0 fully saturated rings. The third-order valence-electron chi connectivity index (χ3n) is 5.26. The molecule has 5 rings (SSSR count). The maximum Gasteiger partial charge on any atom is 0.323 e. The van der Waals surface area contributed by atoms with Crippen LogP contribution in [0, 0.1) is 0 Å². The Hall–Kier alpha value is -4.62. The second-order valence-corrected chi connectivity index (χ2v) is 8.20. The molecule has 0 aliphatic carbocycles. The molecular formula is C27H20ClN5O2. The number of amides is 2. The number of hydrogen-bond donors (Lipinski definition) is 3. The van der Waals surface area contributed by atoms with E-state index in [2.05, 4.69) is 15.6 Å². The number of hydrogen-bond acceptors (Lipinski definition) is 4. The molecule has 0 saturated heterocycles. The van der Waals surface area contributed by atoms with Crippen molar-refractivity contribution in [2.24, 2.45) is 0 Å². The molecule has 3 N–H and O–H groups in total. The molecule has 0 aliphatic rings. The van der Waals surface area contributed by atoms with Crippen LogP contribution in [0.2, 0.25) is 5.02 Å². The Kier molecular flexibility index (Phi) is 6.15. The molecule has 0 atom stereocenters. The number of benzene rings is 3. The van der Waals surface area contributed by atoms with Gasteiger partial charge in [-0.05, 0) is 66.2 Å². The number of halogens is 1. The quantitative estimate of drug-likeness (QED) is 0.263. The molecule has 0 unspecified atom stereocenters. The first-order valence-electron chi connectivity index (χ1n) is 10.8. The lowest BCUT2D eigenvalue weighted by Gasteiger charge is -2.09. The summed E-state index contributed by atoms with van der Waals surface area (Å²) in [5, 5.41) is 20.9. The number of aromatic hydroxyl groups is 1. The number of phenolic OH excluding ortho intramolecular Hbond substituents is 1. The first kappa shape index (κ1) is 22.2. The first-order valence-corrected chi connectivity index (χ1v) is 11.2. The highest BCUT2D eigenvalue weighted by molar-refractivity contribution is 6.31.